The minimum Gasteiger partial charge on any atom is -0.351 e. The molecule has 27 heavy (non-hydrogen) atoms. The Balaban J connectivity index is 1.53. The fourth-order valence-corrected chi connectivity index (χ4v) is 3.05. The standard InChI is InChI=1S/C21H24N4O2/c1-14-8-4-5-10-17(14)24-18(26)11-6-12-22-21(27)19-16(3)23-20-15(2)9-7-13-25(19)20/h4-5,7-10,13H,6,11-12H2,1-3H3,(H,22,27)(H,24,26). The Bertz CT molecular complexity index is 991. The fraction of sp³-hybridized carbons (Fsp3) is 0.286. The summed E-state index contributed by atoms with van der Waals surface area (Å²) < 4.78 is 1.81. The van der Waals surface area contributed by atoms with Crippen LogP contribution in [-0.2, 0) is 4.79 Å². The Morgan fingerprint density at radius 3 is 2.56 bits per heavy atom. The van der Waals surface area contributed by atoms with E-state index in [4.69, 9.17) is 0 Å². The highest BCUT2D eigenvalue weighted by atomic mass is 16.2. The normalized spacial score (nSPS) is 10.8. The van der Waals surface area contributed by atoms with E-state index in [1.54, 1.807) is 0 Å². The Morgan fingerprint density at radius 2 is 1.78 bits per heavy atom. The van der Waals surface area contributed by atoms with Crippen molar-refractivity contribution >= 4 is 23.1 Å². The molecular weight excluding hydrogens is 340 g/mol. The van der Waals surface area contributed by atoms with Crippen LogP contribution in [0.15, 0.2) is 42.6 Å². The van der Waals surface area contributed by atoms with Crippen LogP contribution in [0, 0.1) is 20.8 Å². The van der Waals surface area contributed by atoms with E-state index in [2.05, 4.69) is 15.6 Å². The Hall–Kier alpha value is -3.15. The zero-order valence-electron chi connectivity index (χ0n) is 15.9. The second-order valence-corrected chi connectivity index (χ2v) is 6.65. The van der Waals surface area contributed by atoms with Crippen molar-refractivity contribution in [3.63, 3.8) is 0 Å². The second-order valence-electron chi connectivity index (χ2n) is 6.65. The molecule has 2 aromatic heterocycles. The molecule has 140 valence electrons. The summed E-state index contributed by atoms with van der Waals surface area (Å²) in [4.78, 5) is 29.1. The van der Waals surface area contributed by atoms with E-state index >= 15 is 0 Å². The first kappa shape index (κ1) is 18.6. The topological polar surface area (TPSA) is 75.5 Å². The van der Waals surface area contributed by atoms with Crippen molar-refractivity contribution in [2.75, 3.05) is 11.9 Å². The number of nitrogens with one attached hydrogen (secondary N) is 2. The van der Waals surface area contributed by atoms with E-state index in [0.717, 1.165) is 22.5 Å². The number of aryl methyl sites for hydroxylation is 3. The lowest BCUT2D eigenvalue weighted by atomic mass is 10.2. The highest BCUT2D eigenvalue weighted by Gasteiger charge is 2.17. The van der Waals surface area contributed by atoms with Crippen molar-refractivity contribution in [2.24, 2.45) is 0 Å². The highest BCUT2D eigenvalue weighted by molar-refractivity contribution is 5.95. The van der Waals surface area contributed by atoms with Gasteiger partial charge in [-0.3, -0.25) is 14.0 Å². The molecule has 0 fully saturated rings. The van der Waals surface area contributed by atoms with E-state index < -0.39 is 0 Å². The summed E-state index contributed by atoms with van der Waals surface area (Å²) in [5.74, 6) is -0.231. The van der Waals surface area contributed by atoms with Gasteiger partial charge in [-0.05, 0) is 50.5 Å². The van der Waals surface area contributed by atoms with Gasteiger partial charge in [-0.15, -0.1) is 0 Å². The van der Waals surface area contributed by atoms with Crippen molar-refractivity contribution in [2.45, 2.75) is 33.6 Å². The third kappa shape index (κ3) is 4.16. The lowest BCUT2D eigenvalue weighted by Crippen LogP contribution is -2.27. The minimum absolute atomic E-state index is 0.0554. The Morgan fingerprint density at radius 1 is 1.04 bits per heavy atom. The number of hydrogen-bond donors (Lipinski definition) is 2. The summed E-state index contributed by atoms with van der Waals surface area (Å²) >= 11 is 0. The first-order valence-corrected chi connectivity index (χ1v) is 9.05. The number of benzene rings is 1. The van der Waals surface area contributed by atoms with Crippen molar-refractivity contribution in [1.82, 2.24) is 14.7 Å². The summed E-state index contributed by atoms with van der Waals surface area (Å²) in [6.07, 6.45) is 2.75. The van der Waals surface area contributed by atoms with Crippen LogP contribution in [0.5, 0.6) is 0 Å². The molecule has 0 aliphatic rings. The number of pyridine rings is 1. The number of hydrogen-bond acceptors (Lipinski definition) is 3. The molecule has 6 nitrogen and oxygen atoms in total. The van der Waals surface area contributed by atoms with Gasteiger partial charge in [-0.25, -0.2) is 4.98 Å². The lowest BCUT2D eigenvalue weighted by molar-refractivity contribution is -0.116. The molecule has 0 spiro atoms. The first-order valence-electron chi connectivity index (χ1n) is 9.05. The molecule has 3 aromatic rings. The van der Waals surface area contributed by atoms with Crippen molar-refractivity contribution in [3.8, 4) is 0 Å². The van der Waals surface area contributed by atoms with Crippen molar-refractivity contribution in [1.29, 1.82) is 0 Å². The molecule has 0 saturated heterocycles. The maximum absolute atomic E-state index is 12.6. The van der Waals surface area contributed by atoms with E-state index in [0.29, 0.717) is 30.8 Å². The third-order valence-corrected chi connectivity index (χ3v) is 4.52. The number of carbonyl (C=O) groups is 2. The molecule has 0 aliphatic carbocycles. The van der Waals surface area contributed by atoms with E-state index in [9.17, 15) is 9.59 Å². The van der Waals surface area contributed by atoms with Crippen LogP contribution in [0.1, 0.15) is 40.2 Å². The van der Waals surface area contributed by atoms with Crippen LogP contribution in [0.3, 0.4) is 0 Å². The van der Waals surface area contributed by atoms with Gasteiger partial charge in [0.15, 0.2) is 0 Å². The molecule has 0 atom stereocenters. The predicted molar refractivity (Wildman–Crippen MR) is 106 cm³/mol. The maximum Gasteiger partial charge on any atom is 0.270 e. The van der Waals surface area contributed by atoms with Crippen molar-refractivity contribution < 1.29 is 9.59 Å². The molecule has 6 heteroatoms. The predicted octanol–water partition coefficient (Wildman–Crippen LogP) is 3.41. The Kier molecular flexibility index (Phi) is 5.54. The summed E-state index contributed by atoms with van der Waals surface area (Å²) in [5.41, 5.74) is 4.89. The zero-order chi connectivity index (χ0) is 19.4. The van der Waals surface area contributed by atoms with Gasteiger partial charge < -0.3 is 10.6 Å². The van der Waals surface area contributed by atoms with Gasteiger partial charge in [0.2, 0.25) is 5.91 Å². The van der Waals surface area contributed by atoms with Gasteiger partial charge >= 0.3 is 0 Å². The minimum atomic E-state index is -0.176. The fourth-order valence-electron chi connectivity index (χ4n) is 3.05. The quantitative estimate of drug-likeness (QED) is 0.658. The lowest BCUT2D eigenvalue weighted by Gasteiger charge is -2.09. The van der Waals surface area contributed by atoms with E-state index in [1.165, 1.54) is 0 Å². The largest absolute Gasteiger partial charge is 0.351 e. The SMILES string of the molecule is Cc1ccccc1NC(=O)CCCNC(=O)c1c(C)nc2c(C)cccn12. The van der Waals surface area contributed by atoms with Gasteiger partial charge in [0.1, 0.15) is 11.3 Å². The molecule has 0 bridgehead atoms. The van der Waals surface area contributed by atoms with Crippen LogP contribution in [0.25, 0.3) is 5.65 Å². The third-order valence-electron chi connectivity index (χ3n) is 4.52. The highest BCUT2D eigenvalue weighted by Crippen LogP contribution is 2.15. The number of carbonyl (C=O) groups excluding carboxylic acids is 2. The molecule has 0 aliphatic heterocycles. The van der Waals surface area contributed by atoms with Crippen LogP contribution in [-0.4, -0.2) is 27.7 Å². The summed E-state index contributed by atoms with van der Waals surface area (Å²) in [7, 11) is 0. The van der Waals surface area contributed by atoms with Gasteiger partial charge in [0, 0.05) is 24.8 Å². The van der Waals surface area contributed by atoms with Gasteiger partial charge in [0.25, 0.3) is 5.91 Å². The molecule has 0 radical (unpaired) electrons. The number of anilines is 1. The van der Waals surface area contributed by atoms with Crippen LogP contribution in [0.2, 0.25) is 0 Å². The average molecular weight is 364 g/mol. The van der Waals surface area contributed by atoms with Gasteiger partial charge in [-0.1, -0.05) is 24.3 Å². The summed E-state index contributed by atoms with van der Waals surface area (Å²) in [6, 6.07) is 11.5. The number of aromatic nitrogens is 2. The Labute approximate surface area is 158 Å². The molecule has 3 rings (SSSR count). The maximum atomic E-state index is 12.6. The number of amides is 2. The molecule has 0 saturated carbocycles. The van der Waals surface area contributed by atoms with Crippen LogP contribution in [0.4, 0.5) is 5.69 Å². The molecule has 0 unspecified atom stereocenters. The van der Waals surface area contributed by atoms with Gasteiger partial charge in [-0.2, -0.15) is 0 Å². The summed E-state index contributed by atoms with van der Waals surface area (Å²) in [6.45, 7) is 6.18. The van der Waals surface area contributed by atoms with E-state index in [1.807, 2.05) is 67.8 Å². The molecule has 2 heterocycles. The zero-order valence-corrected chi connectivity index (χ0v) is 15.9. The molecule has 2 N–H and O–H groups in total. The average Bonchev–Trinajstić information content (AvgIpc) is 2.98. The smallest absolute Gasteiger partial charge is 0.270 e. The monoisotopic (exact) mass is 364 g/mol. The molecule has 1 aromatic carbocycles. The number of rotatable bonds is 6. The number of para-hydroxylation sites is 1. The molecule has 2 amide bonds. The number of fused-ring (bicyclic) bond motifs is 1. The van der Waals surface area contributed by atoms with Gasteiger partial charge in [0.05, 0.1) is 5.69 Å². The first-order chi connectivity index (χ1) is 13.0. The van der Waals surface area contributed by atoms with Crippen LogP contribution < -0.4 is 10.6 Å². The second kappa shape index (κ2) is 8.03. The number of imidazole rings is 1. The van der Waals surface area contributed by atoms with Crippen molar-refractivity contribution in [3.05, 3.63) is 65.1 Å². The van der Waals surface area contributed by atoms with Crippen LogP contribution >= 0.6 is 0 Å². The van der Waals surface area contributed by atoms with E-state index in [-0.39, 0.29) is 11.8 Å². The summed E-state index contributed by atoms with van der Waals surface area (Å²) in [5, 5.41) is 5.79. The molecular formula is C21H24N4O2. The number of nitrogens with zero attached hydrogens (tertiary/aromatic N) is 2.